The summed E-state index contributed by atoms with van der Waals surface area (Å²) in [4.78, 5) is 29.5. The van der Waals surface area contributed by atoms with Gasteiger partial charge in [-0.05, 0) is 74.2 Å². The van der Waals surface area contributed by atoms with Crippen molar-refractivity contribution in [3.63, 3.8) is 0 Å². The smallest absolute Gasteiger partial charge is 0.254 e. The van der Waals surface area contributed by atoms with Crippen LogP contribution in [-0.4, -0.2) is 43.1 Å². The molecule has 37 heavy (non-hydrogen) atoms. The van der Waals surface area contributed by atoms with E-state index in [1.54, 1.807) is 0 Å². The zero-order valence-electron chi connectivity index (χ0n) is 21.5. The molecule has 0 bridgehead atoms. The van der Waals surface area contributed by atoms with Crippen LogP contribution in [-0.2, 0) is 11.2 Å². The van der Waals surface area contributed by atoms with Gasteiger partial charge in [-0.25, -0.2) is 0 Å². The number of benzene rings is 3. The Labute approximate surface area is 217 Å². The minimum absolute atomic E-state index is 0.0585. The Hall–Kier alpha value is -4.00. The van der Waals surface area contributed by atoms with Crippen LogP contribution < -0.4 is 19.5 Å². The SMILES string of the molecule is CCOc1ccccc1NC(=O)[C@@H]1c2ccccc2C(=O)N2CCc3cc(OCC)c(OCC)cc3[C@@H]12. The lowest BCUT2D eigenvalue weighted by atomic mass is 9.75. The lowest BCUT2D eigenvalue weighted by Crippen LogP contribution is -2.49. The minimum atomic E-state index is -0.616. The molecule has 2 atom stereocenters. The second-order valence-electron chi connectivity index (χ2n) is 9.04. The molecule has 2 heterocycles. The number of nitrogens with one attached hydrogen (secondary N) is 1. The molecule has 0 unspecified atom stereocenters. The van der Waals surface area contributed by atoms with Crippen LogP contribution in [0.4, 0.5) is 5.69 Å². The summed E-state index contributed by atoms with van der Waals surface area (Å²) in [6, 6.07) is 18.3. The van der Waals surface area contributed by atoms with Gasteiger partial charge >= 0.3 is 0 Å². The Morgan fingerprint density at radius 3 is 2.27 bits per heavy atom. The Morgan fingerprint density at radius 1 is 0.865 bits per heavy atom. The van der Waals surface area contributed by atoms with Gasteiger partial charge in [-0.15, -0.1) is 0 Å². The third-order valence-electron chi connectivity index (χ3n) is 6.91. The molecule has 2 aliphatic rings. The molecule has 192 valence electrons. The third kappa shape index (κ3) is 4.50. The monoisotopic (exact) mass is 500 g/mol. The standard InChI is InChI=1S/C30H32N2O5/c1-4-35-24-14-10-9-13-23(24)31-29(33)27-20-11-7-8-12-21(20)30(34)32-16-15-19-17-25(36-5-2)26(37-6-3)18-22(19)28(27)32/h7-14,17-18,27-28H,4-6,15-16H2,1-3H3,(H,31,33)/t27-,28+/m1/s1. The van der Waals surface area contributed by atoms with E-state index in [1.165, 1.54) is 0 Å². The summed E-state index contributed by atoms with van der Waals surface area (Å²) >= 11 is 0. The topological polar surface area (TPSA) is 77.1 Å². The number of hydrogen-bond acceptors (Lipinski definition) is 5. The number of carbonyl (C=O) groups is 2. The predicted molar refractivity (Wildman–Crippen MR) is 142 cm³/mol. The molecule has 7 heteroatoms. The Balaban J connectivity index is 1.63. The average Bonchev–Trinajstić information content (AvgIpc) is 2.91. The van der Waals surface area contributed by atoms with E-state index >= 15 is 0 Å². The number of nitrogens with zero attached hydrogens (tertiary/aromatic N) is 1. The van der Waals surface area contributed by atoms with Gasteiger partial charge in [0, 0.05) is 12.1 Å². The first-order valence-corrected chi connectivity index (χ1v) is 12.9. The lowest BCUT2D eigenvalue weighted by molar-refractivity contribution is -0.119. The highest BCUT2D eigenvalue weighted by Gasteiger charge is 2.46. The maximum atomic E-state index is 14.1. The molecule has 0 saturated carbocycles. The zero-order valence-corrected chi connectivity index (χ0v) is 21.5. The molecular weight excluding hydrogens is 468 g/mol. The van der Waals surface area contributed by atoms with E-state index in [1.807, 2.05) is 86.3 Å². The first-order chi connectivity index (χ1) is 18.1. The fourth-order valence-electron chi connectivity index (χ4n) is 5.42. The fraction of sp³-hybridized carbons (Fsp3) is 0.333. The number of rotatable bonds is 8. The summed E-state index contributed by atoms with van der Waals surface area (Å²) in [5.74, 6) is 1.05. The van der Waals surface area contributed by atoms with Crippen LogP contribution in [0.1, 0.15) is 59.8 Å². The van der Waals surface area contributed by atoms with Crippen molar-refractivity contribution in [2.45, 2.75) is 39.2 Å². The van der Waals surface area contributed by atoms with Crippen LogP contribution >= 0.6 is 0 Å². The van der Waals surface area contributed by atoms with E-state index in [0.717, 1.165) is 16.7 Å². The van der Waals surface area contributed by atoms with Gasteiger partial charge in [0.05, 0.1) is 37.5 Å². The Bertz CT molecular complexity index is 1320. The number of carbonyl (C=O) groups excluding carboxylic acids is 2. The summed E-state index contributed by atoms with van der Waals surface area (Å²) < 4.78 is 17.5. The molecule has 0 saturated heterocycles. The number of fused-ring (bicyclic) bond motifs is 4. The number of ether oxygens (including phenoxy) is 3. The van der Waals surface area contributed by atoms with E-state index in [0.29, 0.717) is 61.3 Å². The zero-order chi connectivity index (χ0) is 25.9. The number of amides is 2. The highest BCUT2D eigenvalue weighted by Crippen LogP contribution is 2.48. The Morgan fingerprint density at radius 2 is 1.51 bits per heavy atom. The van der Waals surface area contributed by atoms with Crippen LogP contribution in [0.25, 0.3) is 0 Å². The molecule has 0 fully saturated rings. The van der Waals surface area contributed by atoms with Gasteiger partial charge < -0.3 is 24.4 Å². The molecule has 2 amide bonds. The lowest BCUT2D eigenvalue weighted by Gasteiger charge is -2.45. The normalized spacial score (nSPS) is 17.8. The minimum Gasteiger partial charge on any atom is -0.492 e. The maximum absolute atomic E-state index is 14.1. The van der Waals surface area contributed by atoms with E-state index in [4.69, 9.17) is 14.2 Å². The molecule has 7 nitrogen and oxygen atoms in total. The van der Waals surface area contributed by atoms with Gasteiger partial charge in [-0.2, -0.15) is 0 Å². The van der Waals surface area contributed by atoms with Gasteiger partial charge in [0.15, 0.2) is 11.5 Å². The van der Waals surface area contributed by atoms with Crippen molar-refractivity contribution in [1.82, 2.24) is 4.90 Å². The van der Waals surface area contributed by atoms with Gasteiger partial charge in [0.1, 0.15) is 5.75 Å². The molecule has 1 N–H and O–H groups in total. The highest BCUT2D eigenvalue weighted by atomic mass is 16.5. The second-order valence-corrected chi connectivity index (χ2v) is 9.04. The van der Waals surface area contributed by atoms with Crippen molar-refractivity contribution in [2.75, 3.05) is 31.7 Å². The van der Waals surface area contributed by atoms with Crippen molar-refractivity contribution >= 4 is 17.5 Å². The van der Waals surface area contributed by atoms with E-state index in [2.05, 4.69) is 5.32 Å². The fourth-order valence-corrected chi connectivity index (χ4v) is 5.42. The molecular formula is C30H32N2O5. The van der Waals surface area contributed by atoms with E-state index in [-0.39, 0.29) is 11.8 Å². The molecule has 5 rings (SSSR count). The van der Waals surface area contributed by atoms with Crippen LogP contribution in [0.15, 0.2) is 60.7 Å². The number of para-hydroxylation sites is 2. The molecule has 0 spiro atoms. The first-order valence-electron chi connectivity index (χ1n) is 12.9. The van der Waals surface area contributed by atoms with E-state index < -0.39 is 12.0 Å². The first kappa shape index (κ1) is 24.7. The van der Waals surface area contributed by atoms with Crippen molar-refractivity contribution in [2.24, 2.45) is 0 Å². The van der Waals surface area contributed by atoms with Crippen molar-refractivity contribution < 1.29 is 23.8 Å². The number of hydrogen-bond donors (Lipinski definition) is 1. The van der Waals surface area contributed by atoms with Gasteiger partial charge in [-0.3, -0.25) is 9.59 Å². The van der Waals surface area contributed by atoms with Crippen molar-refractivity contribution in [1.29, 1.82) is 0 Å². The summed E-state index contributed by atoms with van der Waals surface area (Å²) in [5, 5.41) is 3.10. The maximum Gasteiger partial charge on any atom is 0.254 e. The van der Waals surface area contributed by atoms with Crippen LogP contribution in [0.3, 0.4) is 0 Å². The average molecular weight is 501 g/mol. The molecule has 0 radical (unpaired) electrons. The van der Waals surface area contributed by atoms with Crippen molar-refractivity contribution in [3.05, 3.63) is 82.9 Å². The molecule has 0 aromatic heterocycles. The van der Waals surface area contributed by atoms with Crippen LogP contribution in [0, 0.1) is 0 Å². The summed E-state index contributed by atoms with van der Waals surface area (Å²) in [5.41, 5.74) is 3.87. The quantitative estimate of drug-likeness (QED) is 0.451. The predicted octanol–water partition coefficient (Wildman–Crippen LogP) is 5.36. The molecule has 0 aliphatic carbocycles. The third-order valence-corrected chi connectivity index (χ3v) is 6.91. The van der Waals surface area contributed by atoms with Crippen molar-refractivity contribution in [3.8, 4) is 17.2 Å². The van der Waals surface area contributed by atoms with Gasteiger partial charge in [-0.1, -0.05) is 30.3 Å². The number of anilines is 1. The van der Waals surface area contributed by atoms with Gasteiger partial charge in [0.2, 0.25) is 5.91 Å². The van der Waals surface area contributed by atoms with Crippen LogP contribution in [0.5, 0.6) is 17.2 Å². The summed E-state index contributed by atoms with van der Waals surface area (Å²) in [6.45, 7) is 7.77. The summed E-state index contributed by atoms with van der Waals surface area (Å²) in [6.07, 6.45) is 0.674. The van der Waals surface area contributed by atoms with Gasteiger partial charge in [0.25, 0.3) is 5.91 Å². The van der Waals surface area contributed by atoms with E-state index in [9.17, 15) is 9.59 Å². The van der Waals surface area contributed by atoms with Crippen LogP contribution in [0.2, 0.25) is 0 Å². The molecule has 3 aromatic rings. The largest absolute Gasteiger partial charge is 0.492 e. The molecule has 2 aliphatic heterocycles. The highest BCUT2D eigenvalue weighted by molar-refractivity contribution is 6.05. The Kier molecular flexibility index (Phi) is 7.04. The summed E-state index contributed by atoms with van der Waals surface area (Å²) in [7, 11) is 0. The second kappa shape index (κ2) is 10.5. The molecule has 3 aromatic carbocycles.